The molecule has 1 aromatic carbocycles. The lowest BCUT2D eigenvalue weighted by molar-refractivity contribution is 0.0927. The van der Waals surface area contributed by atoms with Gasteiger partial charge in [-0.3, -0.25) is 14.7 Å². The molecule has 126 valence electrons. The number of fused-ring (bicyclic) bond motifs is 1. The lowest BCUT2D eigenvalue weighted by Gasteiger charge is -2.25. The summed E-state index contributed by atoms with van der Waals surface area (Å²) in [5.41, 5.74) is 3.92. The summed E-state index contributed by atoms with van der Waals surface area (Å²) >= 11 is 0. The van der Waals surface area contributed by atoms with E-state index in [0.29, 0.717) is 5.69 Å². The zero-order valence-electron chi connectivity index (χ0n) is 13.6. The molecule has 2 heterocycles. The van der Waals surface area contributed by atoms with Crippen LogP contribution in [0.1, 0.15) is 40.6 Å². The van der Waals surface area contributed by atoms with Crippen molar-refractivity contribution in [2.75, 3.05) is 0 Å². The van der Waals surface area contributed by atoms with Crippen molar-refractivity contribution < 1.29 is 4.79 Å². The van der Waals surface area contributed by atoms with Gasteiger partial charge in [0.05, 0.1) is 11.7 Å². The van der Waals surface area contributed by atoms with E-state index in [1.165, 1.54) is 6.07 Å². The highest BCUT2D eigenvalue weighted by Crippen LogP contribution is 2.28. The number of carbonyl (C=O) groups excluding carboxylic acids is 1. The number of H-pyrrole nitrogens is 2. The lowest BCUT2D eigenvalue weighted by atomic mass is 9.91. The van der Waals surface area contributed by atoms with Crippen LogP contribution >= 0.6 is 0 Å². The van der Waals surface area contributed by atoms with Crippen molar-refractivity contribution in [1.29, 1.82) is 0 Å². The normalized spacial score (nSPS) is 16.2. The molecule has 1 aliphatic carbocycles. The number of amides is 1. The molecule has 3 N–H and O–H groups in total. The van der Waals surface area contributed by atoms with E-state index in [2.05, 4.69) is 20.5 Å². The van der Waals surface area contributed by atoms with Gasteiger partial charge >= 0.3 is 0 Å². The summed E-state index contributed by atoms with van der Waals surface area (Å²) in [5, 5.41) is 10.1. The molecule has 3 aromatic rings. The van der Waals surface area contributed by atoms with E-state index in [-0.39, 0.29) is 17.5 Å². The molecule has 6 nitrogen and oxygen atoms in total. The van der Waals surface area contributed by atoms with Crippen LogP contribution in [0.3, 0.4) is 0 Å². The van der Waals surface area contributed by atoms with Crippen molar-refractivity contribution in [2.45, 2.75) is 25.3 Å². The molecule has 1 aliphatic rings. The van der Waals surface area contributed by atoms with Gasteiger partial charge in [0.2, 0.25) is 5.56 Å². The Bertz CT molecular complexity index is 959. The van der Waals surface area contributed by atoms with E-state index in [1.807, 2.05) is 30.3 Å². The summed E-state index contributed by atoms with van der Waals surface area (Å²) in [7, 11) is 0. The fourth-order valence-electron chi connectivity index (χ4n) is 3.28. The summed E-state index contributed by atoms with van der Waals surface area (Å²) in [6.07, 6.45) is 2.61. The minimum atomic E-state index is -0.196. The molecule has 0 radical (unpaired) electrons. The predicted molar refractivity (Wildman–Crippen MR) is 94.2 cm³/mol. The average Bonchev–Trinajstić information content (AvgIpc) is 3.13. The van der Waals surface area contributed by atoms with Crippen LogP contribution in [0.4, 0.5) is 0 Å². The van der Waals surface area contributed by atoms with E-state index >= 15 is 0 Å². The van der Waals surface area contributed by atoms with E-state index in [1.54, 1.807) is 12.1 Å². The fourth-order valence-corrected chi connectivity index (χ4v) is 3.28. The molecular formula is C19H18N4O2. The molecule has 0 bridgehead atoms. The van der Waals surface area contributed by atoms with Gasteiger partial charge in [0.15, 0.2) is 0 Å². The number of benzene rings is 1. The number of nitrogens with one attached hydrogen (secondary N) is 3. The van der Waals surface area contributed by atoms with Gasteiger partial charge in [0, 0.05) is 17.3 Å². The smallest absolute Gasteiger partial charge is 0.269 e. The van der Waals surface area contributed by atoms with Crippen LogP contribution < -0.4 is 10.9 Å². The quantitative estimate of drug-likeness (QED) is 0.687. The molecule has 0 saturated heterocycles. The zero-order chi connectivity index (χ0) is 17.2. The van der Waals surface area contributed by atoms with E-state index in [4.69, 9.17) is 0 Å². The van der Waals surface area contributed by atoms with Crippen molar-refractivity contribution in [2.24, 2.45) is 0 Å². The van der Waals surface area contributed by atoms with Gasteiger partial charge in [-0.05, 0) is 37.0 Å². The average molecular weight is 334 g/mol. The van der Waals surface area contributed by atoms with Gasteiger partial charge < -0.3 is 10.3 Å². The molecule has 25 heavy (non-hydrogen) atoms. The van der Waals surface area contributed by atoms with Crippen molar-refractivity contribution in [3.05, 3.63) is 75.8 Å². The first-order valence-electron chi connectivity index (χ1n) is 8.34. The fraction of sp³-hybridized carbons (Fsp3) is 0.211. The standard InChI is InChI=1S/C19H18N4O2/c24-18-10-9-13-14(20-18)7-4-8-15(13)21-19(25)17-11-16(22-23-17)12-5-2-1-3-6-12/h1-3,5-6,9-11,15H,4,7-8H2,(H,20,24)(H,21,25)(H,22,23). The molecule has 1 amide bonds. The Morgan fingerprint density at radius 1 is 1.16 bits per heavy atom. The third kappa shape index (κ3) is 3.10. The summed E-state index contributed by atoms with van der Waals surface area (Å²) in [6.45, 7) is 0. The highest BCUT2D eigenvalue weighted by molar-refractivity contribution is 5.93. The number of nitrogens with zero attached hydrogens (tertiary/aromatic N) is 1. The second-order valence-corrected chi connectivity index (χ2v) is 6.21. The highest BCUT2D eigenvalue weighted by Gasteiger charge is 2.23. The third-order valence-corrected chi connectivity index (χ3v) is 4.53. The molecule has 6 heteroatoms. The van der Waals surface area contributed by atoms with Gasteiger partial charge in [0.1, 0.15) is 5.69 Å². The third-order valence-electron chi connectivity index (χ3n) is 4.53. The summed E-state index contributed by atoms with van der Waals surface area (Å²) < 4.78 is 0. The minimum Gasteiger partial charge on any atom is -0.344 e. The van der Waals surface area contributed by atoms with Crippen LogP contribution in [0.25, 0.3) is 11.3 Å². The lowest BCUT2D eigenvalue weighted by Crippen LogP contribution is -2.32. The first-order chi connectivity index (χ1) is 12.2. The van der Waals surface area contributed by atoms with Crippen molar-refractivity contribution in [3.63, 3.8) is 0 Å². The number of aryl methyl sites for hydroxylation is 1. The molecular weight excluding hydrogens is 316 g/mol. The number of hydrogen-bond acceptors (Lipinski definition) is 3. The largest absolute Gasteiger partial charge is 0.344 e. The van der Waals surface area contributed by atoms with Gasteiger partial charge in [-0.1, -0.05) is 30.3 Å². The molecule has 0 fully saturated rings. The van der Waals surface area contributed by atoms with Crippen molar-refractivity contribution in [1.82, 2.24) is 20.5 Å². The maximum absolute atomic E-state index is 12.6. The molecule has 0 spiro atoms. The Hall–Kier alpha value is -3.15. The van der Waals surface area contributed by atoms with E-state index in [0.717, 1.165) is 41.8 Å². The Labute approximate surface area is 144 Å². The minimum absolute atomic E-state index is 0.100. The first-order valence-corrected chi connectivity index (χ1v) is 8.34. The monoisotopic (exact) mass is 334 g/mol. The maximum Gasteiger partial charge on any atom is 0.269 e. The Balaban J connectivity index is 1.54. The van der Waals surface area contributed by atoms with E-state index in [9.17, 15) is 9.59 Å². The molecule has 1 atom stereocenters. The van der Waals surface area contributed by atoms with Gasteiger partial charge in [-0.2, -0.15) is 5.10 Å². The topological polar surface area (TPSA) is 90.6 Å². The van der Waals surface area contributed by atoms with Gasteiger partial charge in [0.25, 0.3) is 5.91 Å². The predicted octanol–water partition coefficient (Wildman–Crippen LogP) is 2.57. The van der Waals surface area contributed by atoms with Crippen molar-refractivity contribution >= 4 is 5.91 Å². The summed E-state index contributed by atoms with van der Waals surface area (Å²) in [4.78, 5) is 26.9. The van der Waals surface area contributed by atoms with Crippen molar-refractivity contribution in [3.8, 4) is 11.3 Å². The number of pyridine rings is 1. The SMILES string of the molecule is O=C(NC1CCCc2[nH]c(=O)ccc21)c1cc(-c2ccccc2)n[nH]1. The number of carbonyl (C=O) groups is 1. The second-order valence-electron chi connectivity index (χ2n) is 6.21. The summed E-state index contributed by atoms with van der Waals surface area (Å²) in [6, 6.07) is 14.7. The molecule has 4 rings (SSSR count). The Kier molecular flexibility index (Phi) is 3.93. The second kappa shape index (κ2) is 6.39. The molecule has 0 saturated carbocycles. The Morgan fingerprint density at radius 2 is 2.00 bits per heavy atom. The van der Waals surface area contributed by atoms with Crippen LogP contribution in [0, 0.1) is 0 Å². The number of aromatic nitrogens is 3. The zero-order valence-corrected chi connectivity index (χ0v) is 13.6. The van der Waals surface area contributed by atoms with Gasteiger partial charge in [-0.25, -0.2) is 0 Å². The molecule has 1 unspecified atom stereocenters. The Morgan fingerprint density at radius 3 is 2.84 bits per heavy atom. The molecule has 0 aliphatic heterocycles. The van der Waals surface area contributed by atoms with Crippen LogP contribution in [0.15, 0.2) is 53.3 Å². The maximum atomic E-state index is 12.6. The van der Waals surface area contributed by atoms with Gasteiger partial charge in [-0.15, -0.1) is 0 Å². The van der Waals surface area contributed by atoms with Crippen LogP contribution in [-0.2, 0) is 6.42 Å². The number of rotatable bonds is 3. The highest BCUT2D eigenvalue weighted by atomic mass is 16.2. The van der Waals surface area contributed by atoms with Crippen LogP contribution in [0.5, 0.6) is 0 Å². The van der Waals surface area contributed by atoms with E-state index < -0.39 is 0 Å². The molecule has 2 aromatic heterocycles. The van der Waals surface area contributed by atoms with Crippen LogP contribution in [-0.4, -0.2) is 21.1 Å². The first kappa shape index (κ1) is 15.4. The van der Waals surface area contributed by atoms with Crippen LogP contribution in [0.2, 0.25) is 0 Å². The number of aromatic amines is 2. The summed E-state index contributed by atoms with van der Waals surface area (Å²) in [5.74, 6) is -0.196. The number of hydrogen-bond donors (Lipinski definition) is 3.